The van der Waals surface area contributed by atoms with Gasteiger partial charge in [0.05, 0.1) is 23.9 Å². The van der Waals surface area contributed by atoms with Gasteiger partial charge in [-0.3, -0.25) is 4.79 Å². The van der Waals surface area contributed by atoms with Crippen molar-refractivity contribution in [1.29, 1.82) is 0 Å². The van der Waals surface area contributed by atoms with E-state index in [9.17, 15) is 25.2 Å². The monoisotopic (exact) mass is 334 g/mol. The Balaban J connectivity index is 1.87. The summed E-state index contributed by atoms with van der Waals surface area (Å²) in [5, 5.41) is 42.0. The molecule has 2 fully saturated rings. The molecule has 0 saturated heterocycles. The minimum absolute atomic E-state index is 0.0883. The van der Waals surface area contributed by atoms with E-state index in [0.717, 1.165) is 5.57 Å². The Labute approximate surface area is 141 Å². The molecule has 0 heterocycles. The summed E-state index contributed by atoms with van der Waals surface area (Å²) in [5.74, 6) is -0.458. The van der Waals surface area contributed by atoms with Gasteiger partial charge in [0.1, 0.15) is 0 Å². The van der Waals surface area contributed by atoms with Crippen molar-refractivity contribution in [2.45, 2.75) is 69.9 Å². The largest absolute Gasteiger partial charge is 0.392 e. The van der Waals surface area contributed by atoms with Gasteiger partial charge in [0.15, 0.2) is 5.78 Å². The molecule has 5 nitrogen and oxygen atoms in total. The molecule has 0 aromatic rings. The van der Waals surface area contributed by atoms with Crippen molar-refractivity contribution in [3.8, 4) is 0 Å². The highest BCUT2D eigenvalue weighted by molar-refractivity contribution is 5.97. The first-order valence-electron chi connectivity index (χ1n) is 8.87. The number of rotatable bonds is 0. The second kappa shape index (κ2) is 4.79. The Hall–Kier alpha value is -1.01. The molecular formula is C19H26O5. The Morgan fingerprint density at radius 2 is 1.83 bits per heavy atom. The zero-order chi connectivity index (χ0) is 17.5. The topological polar surface area (TPSA) is 98.0 Å². The number of ketones is 1. The first-order valence-corrected chi connectivity index (χ1v) is 8.87. The van der Waals surface area contributed by atoms with Gasteiger partial charge in [-0.25, -0.2) is 0 Å². The number of fused-ring (bicyclic) bond motifs is 5. The van der Waals surface area contributed by atoms with Crippen molar-refractivity contribution < 1.29 is 25.2 Å². The van der Waals surface area contributed by atoms with E-state index in [2.05, 4.69) is 0 Å². The predicted molar refractivity (Wildman–Crippen MR) is 86.9 cm³/mol. The number of carbonyl (C=O) groups excluding carboxylic acids is 1. The Kier molecular flexibility index (Phi) is 3.28. The summed E-state index contributed by atoms with van der Waals surface area (Å²) in [6.45, 7) is 3.85. The lowest BCUT2D eigenvalue weighted by Crippen LogP contribution is -2.57. The number of aliphatic hydroxyl groups is 4. The molecule has 4 N–H and O–H groups in total. The molecule has 0 aliphatic heterocycles. The second-order valence-electron chi connectivity index (χ2n) is 8.66. The van der Waals surface area contributed by atoms with Crippen LogP contribution in [0.2, 0.25) is 0 Å². The highest BCUT2D eigenvalue weighted by Crippen LogP contribution is 2.63. The molecule has 24 heavy (non-hydrogen) atoms. The number of aliphatic hydroxyl groups excluding tert-OH is 3. The molecule has 0 unspecified atom stereocenters. The van der Waals surface area contributed by atoms with E-state index in [-0.39, 0.29) is 18.1 Å². The van der Waals surface area contributed by atoms with Gasteiger partial charge < -0.3 is 20.4 Å². The minimum atomic E-state index is -1.21. The average molecular weight is 334 g/mol. The van der Waals surface area contributed by atoms with Crippen molar-refractivity contribution in [2.75, 3.05) is 0 Å². The Morgan fingerprint density at radius 3 is 2.54 bits per heavy atom. The summed E-state index contributed by atoms with van der Waals surface area (Å²) in [6, 6.07) is 0. The van der Waals surface area contributed by atoms with Crippen LogP contribution < -0.4 is 0 Å². The summed E-state index contributed by atoms with van der Waals surface area (Å²) < 4.78 is 0. The van der Waals surface area contributed by atoms with Crippen molar-refractivity contribution in [2.24, 2.45) is 16.7 Å². The maximum absolute atomic E-state index is 12.8. The molecule has 4 aliphatic carbocycles. The summed E-state index contributed by atoms with van der Waals surface area (Å²) in [4.78, 5) is 12.8. The number of hydrogen-bond acceptors (Lipinski definition) is 5. The van der Waals surface area contributed by atoms with Gasteiger partial charge in [0.2, 0.25) is 0 Å². The first-order chi connectivity index (χ1) is 11.1. The van der Waals surface area contributed by atoms with Crippen LogP contribution in [0.1, 0.15) is 46.0 Å². The quantitative estimate of drug-likeness (QED) is 0.527. The fourth-order valence-corrected chi connectivity index (χ4v) is 5.70. The molecule has 2 saturated carbocycles. The number of allylic oxidation sites excluding steroid dienone is 2. The molecule has 0 bridgehead atoms. The van der Waals surface area contributed by atoms with Crippen LogP contribution in [0.3, 0.4) is 0 Å². The molecule has 0 aromatic heterocycles. The predicted octanol–water partition coefficient (Wildman–Crippen LogP) is 0.856. The number of carbonyl (C=O) groups is 1. The van der Waals surface area contributed by atoms with Crippen LogP contribution in [0, 0.1) is 16.7 Å². The van der Waals surface area contributed by atoms with Crippen molar-refractivity contribution in [3.05, 3.63) is 23.3 Å². The fourth-order valence-electron chi connectivity index (χ4n) is 5.70. The zero-order valence-electron chi connectivity index (χ0n) is 14.2. The highest BCUT2D eigenvalue weighted by atomic mass is 16.3. The molecule has 7 atom stereocenters. The number of hydrogen-bond donors (Lipinski definition) is 4. The van der Waals surface area contributed by atoms with Crippen molar-refractivity contribution in [3.63, 3.8) is 0 Å². The maximum Gasteiger partial charge on any atom is 0.160 e. The third kappa shape index (κ3) is 1.76. The van der Waals surface area contributed by atoms with E-state index < -0.39 is 34.7 Å². The molecule has 4 aliphatic rings. The standard InChI is InChI=1S/C19H26O5/c1-17-9-15(22)14(21)8-12(17)13(20)7-11-10(17)3-5-18(2)16(23)4-6-19(11,18)24/h3,7,12,14-16,21-24H,4-6,8-9H2,1-2H3/t12-,14+,15-,16-,17+,18+,19+/m0/s1. The maximum atomic E-state index is 12.8. The lowest BCUT2D eigenvalue weighted by Gasteiger charge is -2.55. The van der Waals surface area contributed by atoms with Gasteiger partial charge in [-0.2, -0.15) is 0 Å². The lowest BCUT2D eigenvalue weighted by atomic mass is 9.51. The van der Waals surface area contributed by atoms with E-state index in [1.165, 1.54) is 6.08 Å². The van der Waals surface area contributed by atoms with Gasteiger partial charge in [0.25, 0.3) is 0 Å². The molecular weight excluding hydrogens is 308 g/mol. The van der Waals surface area contributed by atoms with Crippen LogP contribution in [0.4, 0.5) is 0 Å². The third-order valence-electron chi connectivity index (χ3n) is 7.49. The minimum Gasteiger partial charge on any atom is -0.392 e. The molecule has 4 rings (SSSR count). The summed E-state index contributed by atoms with van der Waals surface area (Å²) in [7, 11) is 0. The van der Waals surface area contributed by atoms with Crippen LogP contribution >= 0.6 is 0 Å². The van der Waals surface area contributed by atoms with Crippen LogP contribution in [-0.4, -0.2) is 50.1 Å². The summed E-state index contributed by atoms with van der Waals surface area (Å²) in [5.41, 5.74) is -0.920. The Morgan fingerprint density at radius 1 is 1.12 bits per heavy atom. The summed E-state index contributed by atoms with van der Waals surface area (Å²) in [6.07, 6.45) is 3.29. The summed E-state index contributed by atoms with van der Waals surface area (Å²) >= 11 is 0. The first kappa shape index (κ1) is 16.5. The fraction of sp³-hybridized carbons (Fsp3) is 0.737. The third-order valence-corrected chi connectivity index (χ3v) is 7.49. The lowest BCUT2D eigenvalue weighted by molar-refractivity contribution is -0.133. The molecule has 0 radical (unpaired) electrons. The van der Waals surface area contributed by atoms with Gasteiger partial charge in [-0.1, -0.05) is 19.9 Å². The van der Waals surface area contributed by atoms with Gasteiger partial charge >= 0.3 is 0 Å². The second-order valence-corrected chi connectivity index (χ2v) is 8.66. The average Bonchev–Trinajstić information content (AvgIpc) is 2.75. The van der Waals surface area contributed by atoms with Gasteiger partial charge in [0, 0.05) is 16.7 Å². The highest BCUT2D eigenvalue weighted by Gasteiger charge is 2.64. The van der Waals surface area contributed by atoms with Crippen molar-refractivity contribution in [1.82, 2.24) is 0 Å². The van der Waals surface area contributed by atoms with Crippen LogP contribution in [0.15, 0.2) is 23.3 Å². The van der Waals surface area contributed by atoms with Gasteiger partial charge in [-0.15, -0.1) is 0 Å². The zero-order valence-corrected chi connectivity index (χ0v) is 14.2. The van der Waals surface area contributed by atoms with E-state index >= 15 is 0 Å². The van der Waals surface area contributed by atoms with Gasteiger partial charge in [-0.05, 0) is 49.3 Å². The van der Waals surface area contributed by atoms with Crippen LogP contribution in [-0.2, 0) is 4.79 Å². The molecule has 132 valence electrons. The van der Waals surface area contributed by atoms with Crippen LogP contribution in [0.25, 0.3) is 0 Å². The molecule has 5 heteroatoms. The van der Waals surface area contributed by atoms with E-state index in [0.29, 0.717) is 31.3 Å². The smallest absolute Gasteiger partial charge is 0.160 e. The molecule has 0 aromatic carbocycles. The molecule has 0 amide bonds. The van der Waals surface area contributed by atoms with E-state index in [1.807, 2.05) is 19.9 Å². The van der Waals surface area contributed by atoms with E-state index in [4.69, 9.17) is 0 Å². The van der Waals surface area contributed by atoms with Crippen LogP contribution in [0.5, 0.6) is 0 Å². The SMILES string of the molecule is C[C@]12C[C@H](O)[C@H](O)C[C@H]1C(=O)C=C1C2=CC[C@]2(C)[C@@H](O)CC[C@@]12O. The molecule has 0 spiro atoms. The van der Waals surface area contributed by atoms with E-state index in [1.54, 1.807) is 0 Å². The normalized spacial score (nSPS) is 53.7. The van der Waals surface area contributed by atoms with Crippen molar-refractivity contribution >= 4 is 5.78 Å². The Bertz CT molecular complexity index is 667.